The summed E-state index contributed by atoms with van der Waals surface area (Å²) in [5.41, 5.74) is 8.71. The van der Waals surface area contributed by atoms with E-state index in [0.717, 1.165) is 29.1 Å². The molecule has 4 heteroatoms. The van der Waals surface area contributed by atoms with Gasteiger partial charge in [0, 0.05) is 6.42 Å². The molecule has 90 valence electrons. The summed E-state index contributed by atoms with van der Waals surface area (Å²) >= 11 is 0. The summed E-state index contributed by atoms with van der Waals surface area (Å²) in [6, 6.07) is 5.84. The summed E-state index contributed by atoms with van der Waals surface area (Å²) in [6.45, 7) is 4.61. The standard InChI is InChI=1S/C13H17N3O/c1-3-10-7-15-12(17-10)8-16-13-9(2)5-4-6-11(13)14/h4-7,16H,3,8,14H2,1-2H3. The van der Waals surface area contributed by atoms with Crippen LogP contribution in [0.1, 0.15) is 24.1 Å². The maximum absolute atomic E-state index is 5.90. The zero-order chi connectivity index (χ0) is 12.3. The van der Waals surface area contributed by atoms with Gasteiger partial charge in [-0.2, -0.15) is 0 Å². The van der Waals surface area contributed by atoms with Gasteiger partial charge in [0.25, 0.3) is 0 Å². The molecule has 4 nitrogen and oxygen atoms in total. The average molecular weight is 231 g/mol. The quantitative estimate of drug-likeness (QED) is 0.794. The highest BCUT2D eigenvalue weighted by molar-refractivity contribution is 5.69. The third-order valence-electron chi connectivity index (χ3n) is 2.67. The highest BCUT2D eigenvalue weighted by Gasteiger charge is 2.05. The number of nitrogens with zero attached hydrogens (tertiary/aromatic N) is 1. The van der Waals surface area contributed by atoms with Crippen LogP contribution in [0.15, 0.2) is 28.8 Å². The van der Waals surface area contributed by atoms with Crippen LogP contribution in [0.4, 0.5) is 11.4 Å². The Morgan fingerprint density at radius 2 is 2.24 bits per heavy atom. The Morgan fingerprint density at radius 1 is 1.41 bits per heavy atom. The Morgan fingerprint density at radius 3 is 2.88 bits per heavy atom. The number of aryl methyl sites for hydroxylation is 2. The molecule has 3 N–H and O–H groups in total. The van der Waals surface area contributed by atoms with E-state index in [1.165, 1.54) is 0 Å². The number of hydrogen-bond donors (Lipinski definition) is 2. The maximum Gasteiger partial charge on any atom is 0.213 e. The van der Waals surface area contributed by atoms with E-state index in [4.69, 9.17) is 10.2 Å². The fourth-order valence-corrected chi connectivity index (χ4v) is 1.69. The molecule has 0 bridgehead atoms. The number of oxazole rings is 1. The van der Waals surface area contributed by atoms with Gasteiger partial charge in [-0.25, -0.2) is 4.98 Å². The first-order valence-electron chi connectivity index (χ1n) is 5.73. The molecule has 2 rings (SSSR count). The SMILES string of the molecule is CCc1cnc(CNc2c(C)cccc2N)o1. The van der Waals surface area contributed by atoms with Crippen molar-refractivity contribution in [3.8, 4) is 0 Å². The minimum absolute atomic E-state index is 0.551. The van der Waals surface area contributed by atoms with Crippen molar-refractivity contribution < 1.29 is 4.42 Å². The summed E-state index contributed by atoms with van der Waals surface area (Å²) in [5.74, 6) is 1.59. The Labute approximate surface area is 101 Å². The zero-order valence-corrected chi connectivity index (χ0v) is 10.2. The average Bonchev–Trinajstić information content (AvgIpc) is 2.76. The van der Waals surface area contributed by atoms with E-state index < -0.39 is 0 Å². The summed E-state index contributed by atoms with van der Waals surface area (Å²) in [4.78, 5) is 4.19. The predicted molar refractivity (Wildman–Crippen MR) is 68.8 cm³/mol. The first-order chi connectivity index (χ1) is 8.20. The molecule has 1 heterocycles. The van der Waals surface area contributed by atoms with Crippen molar-refractivity contribution in [3.05, 3.63) is 41.6 Å². The molecule has 1 aromatic heterocycles. The molecule has 0 saturated heterocycles. The number of anilines is 2. The predicted octanol–water partition coefficient (Wildman–Crippen LogP) is 2.74. The van der Waals surface area contributed by atoms with Crippen molar-refractivity contribution in [1.29, 1.82) is 0 Å². The molecule has 0 saturated carbocycles. The fourth-order valence-electron chi connectivity index (χ4n) is 1.69. The largest absolute Gasteiger partial charge is 0.444 e. The van der Waals surface area contributed by atoms with Gasteiger partial charge >= 0.3 is 0 Å². The van der Waals surface area contributed by atoms with Gasteiger partial charge < -0.3 is 15.5 Å². The number of nitrogens with two attached hydrogens (primary N) is 1. The van der Waals surface area contributed by atoms with Crippen LogP contribution in [0.2, 0.25) is 0 Å². The van der Waals surface area contributed by atoms with E-state index >= 15 is 0 Å². The second-order valence-electron chi connectivity index (χ2n) is 3.97. The Bertz CT molecular complexity index is 485. The van der Waals surface area contributed by atoms with Gasteiger partial charge in [-0.3, -0.25) is 0 Å². The molecule has 17 heavy (non-hydrogen) atoms. The second-order valence-corrected chi connectivity index (χ2v) is 3.97. The first-order valence-corrected chi connectivity index (χ1v) is 5.73. The van der Waals surface area contributed by atoms with Crippen LogP contribution in [-0.4, -0.2) is 4.98 Å². The molecular weight excluding hydrogens is 214 g/mol. The number of nitrogens with one attached hydrogen (secondary N) is 1. The molecular formula is C13H17N3O. The molecule has 1 aromatic carbocycles. The first kappa shape index (κ1) is 11.5. The summed E-state index contributed by atoms with van der Waals surface area (Å²) < 4.78 is 5.52. The number of hydrogen-bond acceptors (Lipinski definition) is 4. The summed E-state index contributed by atoms with van der Waals surface area (Å²) in [5, 5.41) is 3.25. The molecule has 0 unspecified atom stereocenters. The molecule has 0 aliphatic carbocycles. The molecule has 0 radical (unpaired) electrons. The monoisotopic (exact) mass is 231 g/mol. The summed E-state index contributed by atoms with van der Waals surface area (Å²) in [7, 11) is 0. The topological polar surface area (TPSA) is 64.1 Å². The Kier molecular flexibility index (Phi) is 3.32. The van der Waals surface area contributed by atoms with E-state index in [9.17, 15) is 0 Å². The van der Waals surface area contributed by atoms with E-state index in [0.29, 0.717) is 12.4 Å². The lowest BCUT2D eigenvalue weighted by Crippen LogP contribution is -2.04. The van der Waals surface area contributed by atoms with Crippen LogP contribution in [0.5, 0.6) is 0 Å². The Hall–Kier alpha value is -1.97. The molecule has 2 aromatic rings. The molecule has 0 aliphatic rings. The van der Waals surface area contributed by atoms with Crippen molar-refractivity contribution in [2.75, 3.05) is 11.1 Å². The van der Waals surface area contributed by atoms with Crippen LogP contribution in [0, 0.1) is 6.92 Å². The Balaban J connectivity index is 2.07. The number of para-hydroxylation sites is 1. The molecule has 0 aliphatic heterocycles. The van der Waals surface area contributed by atoms with Gasteiger partial charge in [-0.05, 0) is 18.6 Å². The van der Waals surface area contributed by atoms with Crippen molar-refractivity contribution in [2.24, 2.45) is 0 Å². The van der Waals surface area contributed by atoms with Crippen molar-refractivity contribution in [2.45, 2.75) is 26.8 Å². The zero-order valence-electron chi connectivity index (χ0n) is 10.2. The van der Waals surface area contributed by atoms with Crippen molar-refractivity contribution in [1.82, 2.24) is 4.98 Å². The van der Waals surface area contributed by atoms with E-state index in [1.54, 1.807) is 6.20 Å². The lowest BCUT2D eigenvalue weighted by molar-refractivity contribution is 0.466. The third-order valence-corrected chi connectivity index (χ3v) is 2.67. The lowest BCUT2D eigenvalue weighted by atomic mass is 10.1. The highest BCUT2D eigenvalue weighted by Crippen LogP contribution is 2.23. The van der Waals surface area contributed by atoms with Crippen LogP contribution < -0.4 is 11.1 Å². The molecule has 0 amide bonds. The van der Waals surface area contributed by atoms with Crippen molar-refractivity contribution in [3.63, 3.8) is 0 Å². The maximum atomic E-state index is 5.90. The minimum Gasteiger partial charge on any atom is -0.444 e. The van der Waals surface area contributed by atoms with Gasteiger partial charge in [0.1, 0.15) is 5.76 Å². The van der Waals surface area contributed by atoms with E-state index in [1.807, 2.05) is 32.0 Å². The molecule has 0 spiro atoms. The van der Waals surface area contributed by atoms with Gasteiger partial charge in [0.2, 0.25) is 5.89 Å². The van der Waals surface area contributed by atoms with Gasteiger partial charge in [-0.1, -0.05) is 19.1 Å². The fraction of sp³-hybridized carbons (Fsp3) is 0.308. The summed E-state index contributed by atoms with van der Waals surface area (Å²) in [6.07, 6.45) is 2.62. The number of nitrogen functional groups attached to an aromatic ring is 1. The van der Waals surface area contributed by atoms with Gasteiger partial charge in [0.05, 0.1) is 24.1 Å². The van der Waals surface area contributed by atoms with Crippen LogP contribution in [-0.2, 0) is 13.0 Å². The number of rotatable bonds is 4. The lowest BCUT2D eigenvalue weighted by Gasteiger charge is -2.10. The van der Waals surface area contributed by atoms with Gasteiger partial charge in [-0.15, -0.1) is 0 Å². The third kappa shape index (κ3) is 2.58. The second kappa shape index (κ2) is 4.91. The number of benzene rings is 1. The normalized spacial score (nSPS) is 10.5. The highest BCUT2D eigenvalue weighted by atomic mass is 16.4. The van der Waals surface area contributed by atoms with Crippen molar-refractivity contribution >= 4 is 11.4 Å². The minimum atomic E-state index is 0.551. The van der Waals surface area contributed by atoms with E-state index in [-0.39, 0.29) is 0 Å². The number of aromatic nitrogens is 1. The smallest absolute Gasteiger partial charge is 0.213 e. The van der Waals surface area contributed by atoms with E-state index in [2.05, 4.69) is 10.3 Å². The van der Waals surface area contributed by atoms with Gasteiger partial charge in [0.15, 0.2) is 0 Å². The molecule has 0 fully saturated rings. The molecule has 0 atom stereocenters. The van der Waals surface area contributed by atoms with Crippen LogP contribution in [0.25, 0.3) is 0 Å². The van der Waals surface area contributed by atoms with Crippen LogP contribution in [0.3, 0.4) is 0 Å². The van der Waals surface area contributed by atoms with Crippen LogP contribution >= 0.6 is 0 Å².